The number of aliphatic carboxylic acids is 1. The first-order valence-corrected chi connectivity index (χ1v) is 11.4. The van der Waals surface area contributed by atoms with Crippen molar-refractivity contribution in [1.29, 1.82) is 0 Å². The highest BCUT2D eigenvalue weighted by atomic mass is 35.5. The predicted octanol–water partition coefficient (Wildman–Crippen LogP) is 3.31. The minimum atomic E-state index is -1.22. The fourth-order valence-corrected chi connectivity index (χ4v) is 4.75. The lowest BCUT2D eigenvalue weighted by Gasteiger charge is -2.15. The molecule has 0 saturated heterocycles. The monoisotopic (exact) mass is 496 g/mol. The molecule has 35 heavy (non-hydrogen) atoms. The number of rotatable bonds is 7. The van der Waals surface area contributed by atoms with Crippen molar-refractivity contribution >= 4 is 45.3 Å². The number of ether oxygens (including phenoxy) is 1. The number of aromatic nitrogens is 1. The normalized spacial score (nSPS) is 13.6. The number of hydrogen-bond acceptors (Lipinski definition) is 6. The Bertz CT molecular complexity index is 1540. The Hall–Kier alpha value is -3.98. The first kappa shape index (κ1) is 22.8. The molecule has 0 fully saturated rings. The first-order chi connectivity index (χ1) is 16.8. The van der Waals surface area contributed by atoms with Crippen molar-refractivity contribution in [3.8, 4) is 11.5 Å². The van der Waals surface area contributed by atoms with Crippen LogP contribution in [0.15, 0.2) is 45.7 Å². The van der Waals surface area contributed by atoms with Crippen molar-refractivity contribution in [3.05, 3.63) is 68.7 Å². The van der Waals surface area contributed by atoms with Crippen molar-refractivity contribution < 1.29 is 29.0 Å². The molecule has 1 atom stereocenters. The van der Waals surface area contributed by atoms with E-state index in [0.717, 1.165) is 29.3 Å². The average Bonchev–Trinajstić information content (AvgIpc) is 3.46. The summed E-state index contributed by atoms with van der Waals surface area (Å²) in [6, 6.07) is 6.63. The lowest BCUT2D eigenvalue weighted by atomic mass is 10.0. The standard InChI is InChI=1S/C25H21ClN2O7/c26-18-8-17-14-2-1-3-15(14)25(33)35-21(17)9-22(18)34-11-23(30)28-20(24(31)32)6-12-10-27-19-5-4-13(29)7-16(12)19/h4-5,7-10,20,27,29H,1-3,6,11H2,(H,28,30)(H,31,32). The summed E-state index contributed by atoms with van der Waals surface area (Å²) in [4.78, 5) is 39.5. The van der Waals surface area contributed by atoms with Crippen molar-refractivity contribution in [2.45, 2.75) is 31.7 Å². The van der Waals surface area contributed by atoms with Crippen LogP contribution in [0, 0.1) is 0 Å². The summed E-state index contributed by atoms with van der Waals surface area (Å²) in [5, 5.41) is 23.5. The van der Waals surface area contributed by atoms with Crippen LogP contribution in [0.5, 0.6) is 11.5 Å². The van der Waals surface area contributed by atoms with E-state index in [2.05, 4.69) is 10.3 Å². The number of halogens is 1. The number of hydrogen-bond donors (Lipinski definition) is 4. The molecule has 180 valence electrons. The molecule has 0 saturated carbocycles. The van der Waals surface area contributed by atoms with Crippen LogP contribution >= 0.6 is 11.6 Å². The van der Waals surface area contributed by atoms with Crippen LogP contribution in [-0.4, -0.2) is 39.7 Å². The van der Waals surface area contributed by atoms with Gasteiger partial charge < -0.3 is 29.7 Å². The smallest absolute Gasteiger partial charge is 0.339 e. The van der Waals surface area contributed by atoms with Gasteiger partial charge >= 0.3 is 11.6 Å². The second kappa shape index (κ2) is 8.99. The van der Waals surface area contributed by atoms with Gasteiger partial charge in [0.15, 0.2) is 6.61 Å². The molecule has 0 bridgehead atoms. The van der Waals surface area contributed by atoms with Crippen LogP contribution < -0.4 is 15.7 Å². The van der Waals surface area contributed by atoms with Gasteiger partial charge in [0.05, 0.1) is 5.02 Å². The van der Waals surface area contributed by atoms with E-state index in [9.17, 15) is 24.6 Å². The second-order valence-corrected chi connectivity index (χ2v) is 8.88. The van der Waals surface area contributed by atoms with E-state index in [0.29, 0.717) is 28.5 Å². The van der Waals surface area contributed by atoms with Gasteiger partial charge in [0, 0.05) is 40.5 Å². The second-order valence-electron chi connectivity index (χ2n) is 8.47. The van der Waals surface area contributed by atoms with E-state index in [4.69, 9.17) is 20.8 Å². The summed E-state index contributed by atoms with van der Waals surface area (Å²) in [5.41, 5.74) is 2.90. The summed E-state index contributed by atoms with van der Waals surface area (Å²) in [7, 11) is 0. The highest BCUT2D eigenvalue weighted by Gasteiger charge is 2.24. The zero-order chi connectivity index (χ0) is 24.7. The molecule has 5 rings (SSSR count). The number of benzene rings is 2. The number of carbonyl (C=O) groups is 2. The number of carboxylic acid groups (broad SMARTS) is 1. The number of H-pyrrole nitrogens is 1. The van der Waals surface area contributed by atoms with E-state index in [-0.39, 0.29) is 28.6 Å². The minimum Gasteiger partial charge on any atom is -0.508 e. The molecule has 4 aromatic rings. The van der Waals surface area contributed by atoms with Gasteiger partial charge in [-0.3, -0.25) is 4.79 Å². The van der Waals surface area contributed by atoms with Gasteiger partial charge in [0.25, 0.3) is 5.91 Å². The Morgan fingerprint density at radius 3 is 2.77 bits per heavy atom. The number of phenols is 1. The van der Waals surface area contributed by atoms with E-state index < -0.39 is 24.5 Å². The molecular formula is C25H21ClN2O7. The SMILES string of the molecule is O=C(COc1cc2oc(=O)c3c(c2cc1Cl)CCC3)NC(Cc1c[nH]c2ccc(O)cc12)C(=O)O. The van der Waals surface area contributed by atoms with Crippen molar-refractivity contribution in [2.75, 3.05) is 6.61 Å². The third-order valence-corrected chi connectivity index (χ3v) is 6.49. The molecular weight excluding hydrogens is 476 g/mol. The molecule has 1 amide bonds. The Morgan fingerprint density at radius 1 is 1.17 bits per heavy atom. The molecule has 0 radical (unpaired) electrons. The number of phenolic OH excluding ortho intramolecular Hbond substituents is 1. The number of aromatic amines is 1. The zero-order valence-corrected chi connectivity index (χ0v) is 19.1. The molecule has 10 heteroatoms. The Kier molecular flexibility index (Phi) is 5.86. The van der Waals surface area contributed by atoms with Gasteiger partial charge in [-0.15, -0.1) is 0 Å². The Morgan fingerprint density at radius 2 is 1.97 bits per heavy atom. The summed E-state index contributed by atoms with van der Waals surface area (Å²) in [5.74, 6) is -1.68. The maximum atomic E-state index is 12.5. The molecule has 1 aliphatic carbocycles. The average molecular weight is 497 g/mol. The summed E-state index contributed by atoms with van der Waals surface area (Å²) in [6.07, 6.45) is 3.95. The largest absolute Gasteiger partial charge is 0.508 e. The molecule has 1 unspecified atom stereocenters. The zero-order valence-electron chi connectivity index (χ0n) is 18.4. The number of carbonyl (C=O) groups excluding carboxylic acids is 1. The molecule has 2 aromatic carbocycles. The highest BCUT2D eigenvalue weighted by Crippen LogP contribution is 2.34. The number of amides is 1. The van der Waals surface area contributed by atoms with Crippen molar-refractivity contribution in [3.63, 3.8) is 0 Å². The van der Waals surface area contributed by atoms with Crippen LogP contribution in [0.25, 0.3) is 21.9 Å². The van der Waals surface area contributed by atoms with Crippen LogP contribution in [0.4, 0.5) is 0 Å². The maximum Gasteiger partial charge on any atom is 0.339 e. The Balaban J connectivity index is 1.29. The lowest BCUT2D eigenvalue weighted by molar-refractivity contribution is -0.142. The topological polar surface area (TPSA) is 142 Å². The van der Waals surface area contributed by atoms with Crippen LogP contribution in [0.2, 0.25) is 5.02 Å². The summed E-state index contributed by atoms with van der Waals surface area (Å²) < 4.78 is 10.9. The molecule has 4 N–H and O–H groups in total. The van der Waals surface area contributed by atoms with Gasteiger partial charge in [0.1, 0.15) is 23.1 Å². The van der Waals surface area contributed by atoms with Gasteiger partial charge in [-0.2, -0.15) is 0 Å². The van der Waals surface area contributed by atoms with Gasteiger partial charge in [0.2, 0.25) is 0 Å². The minimum absolute atomic E-state index is 0.00246. The molecule has 0 aliphatic heterocycles. The number of fused-ring (bicyclic) bond motifs is 4. The third-order valence-electron chi connectivity index (χ3n) is 6.19. The van der Waals surface area contributed by atoms with E-state index in [1.54, 1.807) is 18.3 Å². The maximum absolute atomic E-state index is 12.5. The van der Waals surface area contributed by atoms with Crippen LogP contribution in [0.3, 0.4) is 0 Å². The fraction of sp³-hybridized carbons (Fsp3) is 0.240. The molecule has 0 spiro atoms. The number of carboxylic acids is 1. The molecule has 9 nitrogen and oxygen atoms in total. The summed E-state index contributed by atoms with van der Waals surface area (Å²) in [6.45, 7) is -0.487. The van der Waals surface area contributed by atoms with Gasteiger partial charge in [-0.25, -0.2) is 9.59 Å². The number of aromatic hydroxyl groups is 1. The van der Waals surface area contributed by atoms with E-state index >= 15 is 0 Å². The highest BCUT2D eigenvalue weighted by molar-refractivity contribution is 6.32. The van der Waals surface area contributed by atoms with Crippen molar-refractivity contribution in [2.24, 2.45) is 0 Å². The molecule has 2 aromatic heterocycles. The van der Waals surface area contributed by atoms with Crippen LogP contribution in [0.1, 0.15) is 23.1 Å². The number of nitrogens with one attached hydrogen (secondary N) is 2. The fourth-order valence-electron chi connectivity index (χ4n) is 4.53. The van der Waals surface area contributed by atoms with E-state index in [1.165, 1.54) is 18.2 Å². The lowest BCUT2D eigenvalue weighted by Crippen LogP contribution is -2.44. The Labute approximate surface area is 203 Å². The molecule has 1 aliphatic rings. The molecule has 2 heterocycles. The van der Waals surface area contributed by atoms with Gasteiger partial charge in [-0.1, -0.05) is 11.6 Å². The predicted molar refractivity (Wildman–Crippen MR) is 128 cm³/mol. The third kappa shape index (κ3) is 4.42. The summed E-state index contributed by atoms with van der Waals surface area (Å²) >= 11 is 6.35. The van der Waals surface area contributed by atoms with Crippen molar-refractivity contribution in [1.82, 2.24) is 10.3 Å². The van der Waals surface area contributed by atoms with Crippen LogP contribution in [-0.2, 0) is 28.9 Å². The van der Waals surface area contributed by atoms with E-state index in [1.807, 2.05) is 0 Å². The first-order valence-electron chi connectivity index (χ1n) is 11.0. The quantitative estimate of drug-likeness (QED) is 0.287. The number of aryl methyl sites for hydroxylation is 1. The van der Waals surface area contributed by atoms with Gasteiger partial charge in [-0.05, 0) is 54.7 Å².